The smallest absolute Gasteiger partial charge is 0.124 e. The van der Waals surface area contributed by atoms with Gasteiger partial charge in [0.25, 0.3) is 0 Å². The zero-order chi connectivity index (χ0) is 10.1. The number of halogens is 1. The monoisotopic (exact) mass is 190 g/mol. The molecule has 0 atom stereocenters. The Morgan fingerprint density at radius 3 is 2.79 bits per heavy atom. The Morgan fingerprint density at radius 1 is 1.29 bits per heavy atom. The zero-order valence-electron chi connectivity index (χ0n) is 8.13. The van der Waals surface area contributed by atoms with Gasteiger partial charge >= 0.3 is 0 Å². The molecule has 0 aliphatic rings. The van der Waals surface area contributed by atoms with E-state index in [-0.39, 0.29) is 5.82 Å². The van der Waals surface area contributed by atoms with Gasteiger partial charge in [0.1, 0.15) is 5.82 Å². The summed E-state index contributed by atoms with van der Waals surface area (Å²) in [5.74, 6) is -0.236. The summed E-state index contributed by atoms with van der Waals surface area (Å²) in [6.45, 7) is 1.92. The van der Waals surface area contributed by atoms with Crippen LogP contribution in [0.4, 0.5) is 10.1 Å². The Labute approximate surface area is 81.8 Å². The molecule has 0 spiro atoms. The Hall–Kier alpha value is -1.64. The van der Waals surface area contributed by atoms with Gasteiger partial charge in [0.05, 0.1) is 5.52 Å². The minimum absolute atomic E-state index is 0.236. The molecule has 1 aromatic heterocycles. The molecule has 0 fully saturated rings. The van der Waals surface area contributed by atoms with Crippen molar-refractivity contribution in [1.82, 2.24) is 4.98 Å². The predicted molar refractivity (Wildman–Crippen MR) is 56.0 cm³/mol. The summed E-state index contributed by atoms with van der Waals surface area (Å²) in [6, 6.07) is 6.52. The molecule has 72 valence electrons. The number of fused-ring (bicyclic) bond motifs is 1. The molecule has 0 unspecified atom stereocenters. The second kappa shape index (κ2) is 3.25. The predicted octanol–water partition coefficient (Wildman–Crippen LogP) is 2.72. The summed E-state index contributed by atoms with van der Waals surface area (Å²) in [5, 5.41) is 3.85. The Kier molecular flexibility index (Phi) is 2.08. The van der Waals surface area contributed by atoms with Crippen LogP contribution >= 0.6 is 0 Å². The second-order valence-corrected chi connectivity index (χ2v) is 3.22. The first-order chi connectivity index (χ1) is 6.70. The maximum atomic E-state index is 13.0. The van der Waals surface area contributed by atoms with Crippen LogP contribution in [0.1, 0.15) is 5.69 Å². The summed E-state index contributed by atoms with van der Waals surface area (Å²) in [7, 11) is 1.82. The maximum Gasteiger partial charge on any atom is 0.124 e. The Balaban J connectivity index is 2.81. The van der Waals surface area contributed by atoms with Crippen molar-refractivity contribution in [3.05, 3.63) is 35.8 Å². The number of nitrogens with one attached hydrogen (secondary N) is 1. The van der Waals surface area contributed by atoms with Gasteiger partial charge in [-0.25, -0.2) is 4.39 Å². The van der Waals surface area contributed by atoms with Crippen molar-refractivity contribution in [2.75, 3.05) is 12.4 Å². The van der Waals surface area contributed by atoms with Gasteiger partial charge in [-0.1, -0.05) is 0 Å². The van der Waals surface area contributed by atoms with Crippen LogP contribution < -0.4 is 5.32 Å². The number of aryl methyl sites for hydroxylation is 1. The van der Waals surface area contributed by atoms with E-state index in [4.69, 9.17) is 0 Å². The minimum Gasteiger partial charge on any atom is -0.388 e. The first-order valence-corrected chi connectivity index (χ1v) is 4.45. The molecule has 2 aromatic rings. The first kappa shape index (κ1) is 8.94. The van der Waals surface area contributed by atoms with E-state index in [0.29, 0.717) is 0 Å². The van der Waals surface area contributed by atoms with Crippen LogP contribution in [0.25, 0.3) is 10.9 Å². The number of rotatable bonds is 1. The molecule has 14 heavy (non-hydrogen) atoms. The number of nitrogens with zero attached hydrogens (tertiary/aromatic N) is 1. The van der Waals surface area contributed by atoms with Crippen molar-refractivity contribution < 1.29 is 4.39 Å². The van der Waals surface area contributed by atoms with E-state index >= 15 is 0 Å². The highest BCUT2D eigenvalue weighted by atomic mass is 19.1. The van der Waals surface area contributed by atoms with E-state index in [9.17, 15) is 4.39 Å². The van der Waals surface area contributed by atoms with E-state index in [1.54, 1.807) is 6.07 Å². The lowest BCUT2D eigenvalue weighted by Gasteiger charge is -2.06. The zero-order valence-corrected chi connectivity index (χ0v) is 8.13. The quantitative estimate of drug-likeness (QED) is 0.747. The van der Waals surface area contributed by atoms with Gasteiger partial charge in [-0.3, -0.25) is 4.98 Å². The van der Waals surface area contributed by atoms with Crippen LogP contribution in [0, 0.1) is 12.7 Å². The van der Waals surface area contributed by atoms with Gasteiger partial charge in [-0.15, -0.1) is 0 Å². The van der Waals surface area contributed by atoms with Gasteiger partial charge in [-0.05, 0) is 31.2 Å². The molecule has 1 aromatic carbocycles. The fraction of sp³-hybridized carbons (Fsp3) is 0.182. The molecule has 0 bridgehead atoms. The second-order valence-electron chi connectivity index (χ2n) is 3.22. The van der Waals surface area contributed by atoms with Crippen molar-refractivity contribution in [2.45, 2.75) is 6.92 Å². The lowest BCUT2D eigenvalue weighted by molar-refractivity contribution is 0.629. The molecule has 1 N–H and O–H groups in total. The summed E-state index contributed by atoms with van der Waals surface area (Å²) in [5.41, 5.74) is 2.65. The van der Waals surface area contributed by atoms with Crippen LogP contribution in [-0.2, 0) is 0 Å². The van der Waals surface area contributed by atoms with Crippen molar-refractivity contribution in [3.8, 4) is 0 Å². The molecule has 0 amide bonds. The van der Waals surface area contributed by atoms with Crippen molar-refractivity contribution in [1.29, 1.82) is 0 Å². The standard InChI is InChI=1S/C11H11FN2/c1-7-5-11(13-2)9-6-8(12)3-4-10(9)14-7/h3-6H,1-2H3,(H,13,14). The summed E-state index contributed by atoms with van der Waals surface area (Å²) in [4.78, 5) is 4.32. The molecule has 0 aliphatic heterocycles. The molecule has 2 rings (SSSR count). The third-order valence-corrected chi connectivity index (χ3v) is 2.17. The lowest BCUT2D eigenvalue weighted by Crippen LogP contribution is -1.93. The fourth-order valence-electron chi connectivity index (χ4n) is 1.54. The highest BCUT2D eigenvalue weighted by Crippen LogP contribution is 2.23. The van der Waals surface area contributed by atoms with Crippen molar-refractivity contribution in [2.24, 2.45) is 0 Å². The Morgan fingerprint density at radius 2 is 2.07 bits per heavy atom. The van der Waals surface area contributed by atoms with E-state index in [1.165, 1.54) is 12.1 Å². The van der Waals surface area contributed by atoms with E-state index in [2.05, 4.69) is 10.3 Å². The van der Waals surface area contributed by atoms with Crippen molar-refractivity contribution >= 4 is 16.6 Å². The number of hydrogen-bond acceptors (Lipinski definition) is 2. The van der Waals surface area contributed by atoms with Gasteiger partial charge < -0.3 is 5.32 Å². The highest BCUT2D eigenvalue weighted by molar-refractivity contribution is 5.91. The van der Waals surface area contributed by atoms with E-state index < -0.39 is 0 Å². The highest BCUT2D eigenvalue weighted by Gasteiger charge is 2.03. The third kappa shape index (κ3) is 1.41. The van der Waals surface area contributed by atoms with Gasteiger partial charge in [0, 0.05) is 23.8 Å². The molecule has 0 radical (unpaired) electrons. The molecule has 0 saturated heterocycles. The van der Waals surface area contributed by atoms with Crippen LogP contribution in [-0.4, -0.2) is 12.0 Å². The molecule has 0 aliphatic carbocycles. The number of anilines is 1. The van der Waals surface area contributed by atoms with Crippen LogP contribution in [0.3, 0.4) is 0 Å². The molecule has 0 saturated carbocycles. The minimum atomic E-state index is -0.236. The van der Waals surface area contributed by atoms with Crippen LogP contribution in [0.5, 0.6) is 0 Å². The lowest BCUT2D eigenvalue weighted by atomic mass is 10.1. The van der Waals surface area contributed by atoms with E-state index in [1.807, 2.05) is 20.0 Å². The van der Waals surface area contributed by atoms with Crippen molar-refractivity contribution in [3.63, 3.8) is 0 Å². The topological polar surface area (TPSA) is 24.9 Å². The normalized spacial score (nSPS) is 10.5. The third-order valence-electron chi connectivity index (χ3n) is 2.17. The average Bonchev–Trinajstić information content (AvgIpc) is 2.17. The first-order valence-electron chi connectivity index (χ1n) is 4.45. The molecule has 2 nitrogen and oxygen atoms in total. The van der Waals surface area contributed by atoms with Gasteiger partial charge in [0.2, 0.25) is 0 Å². The van der Waals surface area contributed by atoms with Crippen LogP contribution in [0.2, 0.25) is 0 Å². The number of benzene rings is 1. The summed E-state index contributed by atoms with van der Waals surface area (Å²) < 4.78 is 13.0. The maximum absolute atomic E-state index is 13.0. The van der Waals surface area contributed by atoms with Gasteiger partial charge in [-0.2, -0.15) is 0 Å². The largest absolute Gasteiger partial charge is 0.388 e. The molecule has 1 heterocycles. The Bertz CT molecular complexity index is 480. The molecule has 3 heteroatoms. The SMILES string of the molecule is CNc1cc(C)nc2ccc(F)cc12. The van der Waals surface area contributed by atoms with E-state index in [0.717, 1.165) is 22.3 Å². The number of aromatic nitrogens is 1. The summed E-state index contributed by atoms with van der Waals surface area (Å²) >= 11 is 0. The number of pyridine rings is 1. The summed E-state index contributed by atoms with van der Waals surface area (Å²) in [6.07, 6.45) is 0. The van der Waals surface area contributed by atoms with Crippen LogP contribution in [0.15, 0.2) is 24.3 Å². The average molecular weight is 190 g/mol. The fourth-order valence-corrected chi connectivity index (χ4v) is 1.54. The molecular formula is C11H11FN2. The van der Waals surface area contributed by atoms with Gasteiger partial charge in [0.15, 0.2) is 0 Å². The number of hydrogen-bond donors (Lipinski definition) is 1. The molecular weight excluding hydrogens is 179 g/mol.